The van der Waals surface area contributed by atoms with Crippen LogP contribution in [-0.2, 0) is 0 Å². The summed E-state index contributed by atoms with van der Waals surface area (Å²) in [5.41, 5.74) is 10.6. The fourth-order valence-corrected chi connectivity index (χ4v) is 6.41. The highest BCUT2D eigenvalue weighted by Crippen LogP contribution is 2.43. The Morgan fingerprint density at radius 2 is 0.756 bits per heavy atom. The van der Waals surface area contributed by atoms with Crippen LogP contribution < -0.4 is 4.90 Å². The predicted octanol–water partition coefficient (Wildman–Crippen LogP) is 12.5. The summed E-state index contributed by atoms with van der Waals surface area (Å²) in [4.78, 5) is 2.41. The van der Waals surface area contributed by atoms with E-state index in [1.54, 1.807) is 0 Å². The summed E-state index contributed by atoms with van der Waals surface area (Å²) in [5.74, 6) is 0. The minimum absolute atomic E-state index is 1.11. The monoisotopic (exact) mass is 573 g/mol. The molecular formula is C44H31N. The quantitative estimate of drug-likeness (QED) is 0.179. The van der Waals surface area contributed by atoms with Gasteiger partial charge in [-0.1, -0.05) is 152 Å². The lowest BCUT2D eigenvalue weighted by Crippen LogP contribution is -2.10. The first-order chi connectivity index (χ1) is 22.3. The van der Waals surface area contributed by atoms with Crippen LogP contribution in [0.4, 0.5) is 17.1 Å². The molecule has 1 nitrogen and oxygen atoms in total. The van der Waals surface area contributed by atoms with E-state index in [1.165, 1.54) is 54.9 Å². The van der Waals surface area contributed by atoms with E-state index >= 15 is 0 Å². The van der Waals surface area contributed by atoms with Gasteiger partial charge in [-0.15, -0.1) is 0 Å². The number of nitrogens with zero attached hydrogens (tertiary/aromatic N) is 1. The second-order valence-corrected chi connectivity index (χ2v) is 11.4. The molecule has 0 aliphatic carbocycles. The van der Waals surface area contributed by atoms with Crippen molar-refractivity contribution in [3.63, 3.8) is 0 Å². The van der Waals surface area contributed by atoms with E-state index in [4.69, 9.17) is 0 Å². The van der Waals surface area contributed by atoms with Gasteiger partial charge in [0.1, 0.15) is 0 Å². The number of benzene rings is 8. The van der Waals surface area contributed by atoms with Crippen LogP contribution in [0.25, 0.3) is 54.9 Å². The van der Waals surface area contributed by atoms with Crippen LogP contribution >= 0.6 is 0 Å². The zero-order valence-corrected chi connectivity index (χ0v) is 24.8. The Bertz CT molecular complexity index is 2250. The van der Waals surface area contributed by atoms with E-state index in [1.807, 2.05) is 0 Å². The van der Waals surface area contributed by atoms with E-state index in [0.717, 1.165) is 17.1 Å². The van der Waals surface area contributed by atoms with Gasteiger partial charge in [0.25, 0.3) is 0 Å². The highest BCUT2D eigenvalue weighted by Gasteiger charge is 2.18. The van der Waals surface area contributed by atoms with Crippen LogP contribution in [0.2, 0.25) is 0 Å². The van der Waals surface area contributed by atoms with Gasteiger partial charge in [0.05, 0.1) is 5.69 Å². The zero-order valence-electron chi connectivity index (χ0n) is 24.8. The molecule has 0 bridgehead atoms. The molecule has 8 rings (SSSR count). The minimum atomic E-state index is 1.11. The highest BCUT2D eigenvalue weighted by molar-refractivity contribution is 6.14. The average Bonchev–Trinajstić information content (AvgIpc) is 3.13. The van der Waals surface area contributed by atoms with E-state index in [9.17, 15) is 0 Å². The van der Waals surface area contributed by atoms with Crippen LogP contribution in [0.3, 0.4) is 0 Å². The molecule has 0 saturated carbocycles. The van der Waals surface area contributed by atoms with Crippen molar-refractivity contribution in [1.82, 2.24) is 0 Å². The maximum absolute atomic E-state index is 2.41. The molecule has 0 aromatic heterocycles. The molecule has 8 aromatic carbocycles. The van der Waals surface area contributed by atoms with Gasteiger partial charge < -0.3 is 4.90 Å². The Labute approximate surface area is 264 Å². The number of hydrogen-bond donors (Lipinski definition) is 0. The molecule has 0 aliphatic heterocycles. The Morgan fingerprint density at radius 3 is 1.42 bits per heavy atom. The van der Waals surface area contributed by atoms with Crippen molar-refractivity contribution in [2.24, 2.45) is 0 Å². The van der Waals surface area contributed by atoms with Crippen molar-refractivity contribution in [2.75, 3.05) is 4.90 Å². The Hall–Kier alpha value is -5.92. The molecule has 45 heavy (non-hydrogen) atoms. The van der Waals surface area contributed by atoms with Crippen LogP contribution in [0.15, 0.2) is 188 Å². The molecule has 212 valence electrons. The summed E-state index contributed by atoms with van der Waals surface area (Å²) < 4.78 is 0. The van der Waals surface area contributed by atoms with Crippen molar-refractivity contribution >= 4 is 38.6 Å². The average molecular weight is 574 g/mol. The van der Waals surface area contributed by atoms with E-state index in [2.05, 4.69) is 193 Å². The molecule has 0 aliphatic rings. The third kappa shape index (κ3) is 5.15. The molecule has 0 N–H and O–H groups in total. The van der Waals surface area contributed by atoms with Crippen LogP contribution in [0.1, 0.15) is 0 Å². The number of hydrogen-bond acceptors (Lipinski definition) is 1. The fraction of sp³-hybridized carbons (Fsp3) is 0. The van der Waals surface area contributed by atoms with Gasteiger partial charge in [0.2, 0.25) is 0 Å². The molecule has 0 atom stereocenters. The molecule has 1 heteroatoms. The second kappa shape index (κ2) is 11.6. The molecule has 0 amide bonds. The van der Waals surface area contributed by atoms with Crippen molar-refractivity contribution in [3.8, 4) is 33.4 Å². The second-order valence-electron chi connectivity index (χ2n) is 11.4. The van der Waals surface area contributed by atoms with Gasteiger partial charge >= 0.3 is 0 Å². The molecule has 0 saturated heterocycles. The summed E-state index contributed by atoms with van der Waals surface area (Å²) >= 11 is 0. The van der Waals surface area contributed by atoms with Crippen molar-refractivity contribution < 1.29 is 0 Å². The fourth-order valence-electron chi connectivity index (χ4n) is 6.41. The summed E-state index contributed by atoms with van der Waals surface area (Å²) in [6.07, 6.45) is 0. The van der Waals surface area contributed by atoms with Gasteiger partial charge in [0, 0.05) is 16.8 Å². The lowest BCUT2D eigenvalue weighted by Gasteiger charge is -2.28. The summed E-state index contributed by atoms with van der Waals surface area (Å²) in [6, 6.07) is 67.7. The molecule has 0 spiro atoms. The normalized spacial score (nSPS) is 11.1. The minimum Gasteiger partial charge on any atom is -0.310 e. The topological polar surface area (TPSA) is 3.24 Å². The smallest absolute Gasteiger partial charge is 0.0546 e. The summed E-state index contributed by atoms with van der Waals surface area (Å²) in [7, 11) is 0. The number of anilines is 3. The van der Waals surface area contributed by atoms with Crippen LogP contribution in [-0.4, -0.2) is 0 Å². The van der Waals surface area contributed by atoms with Gasteiger partial charge in [0.15, 0.2) is 0 Å². The van der Waals surface area contributed by atoms with E-state index in [-0.39, 0.29) is 0 Å². The summed E-state index contributed by atoms with van der Waals surface area (Å²) in [6.45, 7) is 0. The Morgan fingerprint density at radius 1 is 0.267 bits per heavy atom. The van der Waals surface area contributed by atoms with Gasteiger partial charge in [-0.3, -0.25) is 0 Å². The van der Waals surface area contributed by atoms with Crippen LogP contribution in [0.5, 0.6) is 0 Å². The molecule has 8 aromatic rings. The number of fused-ring (bicyclic) bond motifs is 3. The third-order valence-corrected chi connectivity index (χ3v) is 8.63. The number of rotatable bonds is 6. The van der Waals surface area contributed by atoms with Gasteiger partial charge in [-0.2, -0.15) is 0 Å². The molecule has 0 heterocycles. The van der Waals surface area contributed by atoms with Crippen molar-refractivity contribution in [1.29, 1.82) is 0 Å². The maximum Gasteiger partial charge on any atom is 0.0546 e. The molecular weight excluding hydrogens is 542 g/mol. The third-order valence-electron chi connectivity index (χ3n) is 8.63. The van der Waals surface area contributed by atoms with E-state index < -0.39 is 0 Å². The first-order valence-corrected chi connectivity index (χ1v) is 15.4. The molecule has 0 radical (unpaired) electrons. The van der Waals surface area contributed by atoms with Crippen molar-refractivity contribution in [2.45, 2.75) is 0 Å². The predicted molar refractivity (Wildman–Crippen MR) is 192 cm³/mol. The van der Waals surface area contributed by atoms with Gasteiger partial charge in [-0.25, -0.2) is 0 Å². The lowest BCUT2D eigenvalue weighted by atomic mass is 9.97. The lowest BCUT2D eigenvalue weighted by molar-refractivity contribution is 1.30. The van der Waals surface area contributed by atoms with E-state index in [0.29, 0.717) is 0 Å². The largest absolute Gasteiger partial charge is 0.310 e. The Balaban J connectivity index is 1.29. The SMILES string of the molecule is c1ccc(-c2cccc(-c3ccc(N(c4cccc(-c5ccccc5)c4)c4cc5ccccc5c5ccccc45)cc3)c2)cc1. The summed E-state index contributed by atoms with van der Waals surface area (Å²) in [5, 5.41) is 4.97. The zero-order chi connectivity index (χ0) is 30.0. The van der Waals surface area contributed by atoms with Crippen molar-refractivity contribution in [3.05, 3.63) is 188 Å². The van der Waals surface area contributed by atoms with Gasteiger partial charge in [-0.05, 0) is 85.9 Å². The molecule has 0 unspecified atom stereocenters. The first kappa shape index (κ1) is 26.7. The maximum atomic E-state index is 2.41. The van der Waals surface area contributed by atoms with Crippen LogP contribution in [0, 0.1) is 0 Å². The Kier molecular flexibility index (Phi) is 6.90. The first-order valence-electron chi connectivity index (χ1n) is 15.4. The highest BCUT2D eigenvalue weighted by atomic mass is 15.1. The standard InChI is InChI=1S/C44H31N/c1-3-13-32(14-4-1)35-18-11-19-36(29-35)34-25-27-39(28-26-34)45(40-21-12-20-37(30-40)33-15-5-2-6-16-33)44-31-38-17-7-8-22-41(38)42-23-9-10-24-43(42)44/h1-31H. The molecule has 0 fully saturated rings.